The van der Waals surface area contributed by atoms with E-state index in [0.29, 0.717) is 18.2 Å². The minimum Gasteiger partial charge on any atom is -0.325 e. The van der Waals surface area contributed by atoms with Crippen molar-refractivity contribution in [1.29, 1.82) is 0 Å². The number of rotatable bonds is 4. The van der Waals surface area contributed by atoms with Gasteiger partial charge in [-0.25, -0.2) is 4.68 Å². The van der Waals surface area contributed by atoms with Gasteiger partial charge in [0.15, 0.2) is 0 Å². The average Bonchev–Trinajstić information content (AvgIpc) is 3.17. The molecule has 1 saturated carbocycles. The van der Waals surface area contributed by atoms with Crippen LogP contribution in [0.15, 0.2) is 24.3 Å². The zero-order chi connectivity index (χ0) is 13.4. The van der Waals surface area contributed by atoms with E-state index in [1.807, 2.05) is 0 Å². The molecule has 1 fully saturated rings. The molecule has 7 heteroatoms. The molecule has 3 rings (SSSR count). The second kappa shape index (κ2) is 4.43. The summed E-state index contributed by atoms with van der Waals surface area (Å²) in [5.74, 6) is 0.424. The maximum absolute atomic E-state index is 10.8. The van der Waals surface area contributed by atoms with E-state index < -0.39 is 4.92 Å². The Labute approximate surface area is 109 Å². The zero-order valence-electron chi connectivity index (χ0n) is 10.2. The van der Waals surface area contributed by atoms with Gasteiger partial charge in [0.25, 0.3) is 5.69 Å². The van der Waals surface area contributed by atoms with E-state index in [1.165, 1.54) is 12.1 Å². The molecule has 1 aromatic heterocycles. The van der Waals surface area contributed by atoms with E-state index in [2.05, 4.69) is 10.3 Å². The van der Waals surface area contributed by atoms with Crippen LogP contribution in [-0.2, 0) is 6.54 Å². The van der Waals surface area contributed by atoms with Crippen molar-refractivity contribution in [3.8, 4) is 5.69 Å². The van der Waals surface area contributed by atoms with Crippen molar-refractivity contribution in [2.45, 2.75) is 25.3 Å². The molecule has 0 spiro atoms. The fraction of sp³-hybridized carbons (Fsp3) is 0.333. The number of nitro groups is 1. The Kier molecular flexibility index (Phi) is 2.75. The molecular weight excluding hydrogens is 246 g/mol. The zero-order valence-corrected chi connectivity index (χ0v) is 10.2. The first kappa shape index (κ1) is 11.8. The fourth-order valence-electron chi connectivity index (χ4n) is 2.16. The van der Waals surface area contributed by atoms with Crippen molar-refractivity contribution in [3.05, 3.63) is 45.8 Å². The third kappa shape index (κ3) is 2.08. The molecule has 1 heterocycles. The van der Waals surface area contributed by atoms with Crippen LogP contribution in [0.1, 0.15) is 30.1 Å². The van der Waals surface area contributed by atoms with Gasteiger partial charge < -0.3 is 5.73 Å². The molecule has 98 valence electrons. The second-order valence-corrected chi connectivity index (χ2v) is 4.59. The normalized spacial score (nSPS) is 14.6. The smallest absolute Gasteiger partial charge is 0.271 e. The Bertz CT molecular complexity index is 633. The van der Waals surface area contributed by atoms with Crippen molar-refractivity contribution in [1.82, 2.24) is 15.0 Å². The Balaban J connectivity index is 2.09. The molecule has 1 aliphatic rings. The molecule has 19 heavy (non-hydrogen) atoms. The van der Waals surface area contributed by atoms with E-state index in [4.69, 9.17) is 5.73 Å². The lowest BCUT2D eigenvalue weighted by molar-refractivity contribution is -0.384. The van der Waals surface area contributed by atoms with Gasteiger partial charge in [-0.3, -0.25) is 10.1 Å². The first-order chi connectivity index (χ1) is 9.20. The lowest BCUT2D eigenvalue weighted by atomic mass is 10.2. The molecule has 1 aromatic carbocycles. The number of hydrogen-bond donors (Lipinski definition) is 1. The molecule has 1 aliphatic carbocycles. The van der Waals surface area contributed by atoms with Crippen LogP contribution in [0.2, 0.25) is 0 Å². The van der Waals surface area contributed by atoms with Gasteiger partial charge in [0.05, 0.1) is 16.3 Å². The molecule has 0 amide bonds. The van der Waals surface area contributed by atoms with E-state index >= 15 is 0 Å². The van der Waals surface area contributed by atoms with Gasteiger partial charge in [-0.2, -0.15) is 0 Å². The highest BCUT2D eigenvalue weighted by atomic mass is 16.6. The third-order valence-electron chi connectivity index (χ3n) is 3.22. The molecule has 0 saturated heterocycles. The molecule has 0 atom stereocenters. The predicted octanol–water partition coefficient (Wildman–Crippen LogP) is 1.51. The summed E-state index contributed by atoms with van der Waals surface area (Å²) < 4.78 is 1.67. The van der Waals surface area contributed by atoms with Crippen molar-refractivity contribution < 1.29 is 4.92 Å². The van der Waals surface area contributed by atoms with Gasteiger partial charge in [0.2, 0.25) is 0 Å². The number of benzene rings is 1. The molecular formula is C12H13N5O2. The predicted molar refractivity (Wildman–Crippen MR) is 67.9 cm³/mol. The van der Waals surface area contributed by atoms with E-state index in [0.717, 1.165) is 24.2 Å². The largest absolute Gasteiger partial charge is 0.325 e. The molecule has 0 bridgehead atoms. The molecule has 0 unspecified atom stereocenters. The molecule has 0 radical (unpaired) electrons. The molecule has 2 N–H and O–H groups in total. The van der Waals surface area contributed by atoms with Crippen molar-refractivity contribution in [2.24, 2.45) is 5.73 Å². The van der Waals surface area contributed by atoms with Gasteiger partial charge >= 0.3 is 0 Å². The van der Waals surface area contributed by atoms with Crippen LogP contribution < -0.4 is 5.73 Å². The van der Waals surface area contributed by atoms with Crippen molar-refractivity contribution in [3.63, 3.8) is 0 Å². The van der Waals surface area contributed by atoms with Crippen LogP contribution in [0.25, 0.3) is 5.69 Å². The van der Waals surface area contributed by atoms with Crippen molar-refractivity contribution >= 4 is 5.69 Å². The van der Waals surface area contributed by atoms with Crippen LogP contribution in [0.5, 0.6) is 0 Å². The lowest BCUT2D eigenvalue weighted by Gasteiger charge is -2.06. The number of nitrogens with two attached hydrogens (primary N) is 1. The summed E-state index contributed by atoms with van der Waals surface area (Å²) in [6, 6.07) is 6.39. The summed E-state index contributed by atoms with van der Waals surface area (Å²) in [6.45, 7) is 0.334. The topological polar surface area (TPSA) is 99.9 Å². The maximum Gasteiger partial charge on any atom is 0.271 e. The lowest BCUT2D eigenvalue weighted by Crippen LogP contribution is -2.05. The highest BCUT2D eigenvalue weighted by Gasteiger charge is 2.31. The van der Waals surface area contributed by atoms with Crippen LogP contribution in [0.3, 0.4) is 0 Å². The standard InChI is InChI=1S/C12H13N5O2/c13-7-11-12(8-4-5-8)16(15-14-11)9-2-1-3-10(6-9)17(18)19/h1-3,6,8H,4-5,7,13H2. The average molecular weight is 259 g/mol. The minimum absolute atomic E-state index is 0.0454. The van der Waals surface area contributed by atoms with Crippen LogP contribution in [0.4, 0.5) is 5.69 Å². The Morgan fingerprint density at radius 1 is 1.47 bits per heavy atom. The number of non-ortho nitro benzene ring substituents is 1. The minimum atomic E-state index is -0.416. The Hall–Kier alpha value is -2.28. The first-order valence-electron chi connectivity index (χ1n) is 6.10. The maximum atomic E-state index is 10.8. The SMILES string of the molecule is NCc1nnn(-c2cccc([N+](=O)[O-])c2)c1C1CC1. The van der Waals surface area contributed by atoms with Gasteiger partial charge in [0.1, 0.15) is 5.69 Å². The monoisotopic (exact) mass is 259 g/mol. The van der Waals surface area contributed by atoms with Gasteiger partial charge in [-0.05, 0) is 18.9 Å². The van der Waals surface area contributed by atoms with E-state index in [-0.39, 0.29) is 5.69 Å². The first-order valence-corrected chi connectivity index (χ1v) is 6.10. The van der Waals surface area contributed by atoms with E-state index in [1.54, 1.807) is 16.8 Å². The third-order valence-corrected chi connectivity index (χ3v) is 3.22. The van der Waals surface area contributed by atoms with Gasteiger partial charge in [-0.1, -0.05) is 11.3 Å². The fourth-order valence-corrected chi connectivity index (χ4v) is 2.16. The quantitative estimate of drug-likeness (QED) is 0.662. The summed E-state index contributed by atoms with van der Waals surface area (Å²) in [6.07, 6.45) is 2.19. The Morgan fingerprint density at radius 3 is 2.89 bits per heavy atom. The highest BCUT2D eigenvalue weighted by molar-refractivity contribution is 5.44. The van der Waals surface area contributed by atoms with Crippen LogP contribution in [-0.4, -0.2) is 19.9 Å². The van der Waals surface area contributed by atoms with Crippen LogP contribution >= 0.6 is 0 Å². The van der Waals surface area contributed by atoms with Gasteiger partial charge in [0, 0.05) is 24.6 Å². The molecule has 0 aliphatic heterocycles. The summed E-state index contributed by atoms with van der Waals surface area (Å²) in [5.41, 5.74) is 8.12. The number of aromatic nitrogens is 3. The summed E-state index contributed by atoms with van der Waals surface area (Å²) in [7, 11) is 0. The summed E-state index contributed by atoms with van der Waals surface area (Å²) in [5, 5.41) is 19.0. The Morgan fingerprint density at radius 2 is 2.26 bits per heavy atom. The summed E-state index contributed by atoms with van der Waals surface area (Å²) in [4.78, 5) is 10.4. The number of nitrogens with zero attached hydrogens (tertiary/aromatic N) is 4. The highest BCUT2D eigenvalue weighted by Crippen LogP contribution is 2.41. The number of hydrogen-bond acceptors (Lipinski definition) is 5. The van der Waals surface area contributed by atoms with E-state index in [9.17, 15) is 10.1 Å². The van der Waals surface area contributed by atoms with Gasteiger partial charge in [-0.15, -0.1) is 5.10 Å². The van der Waals surface area contributed by atoms with Crippen LogP contribution in [0, 0.1) is 10.1 Å². The molecule has 2 aromatic rings. The number of nitro benzene ring substituents is 1. The summed E-state index contributed by atoms with van der Waals surface area (Å²) >= 11 is 0. The molecule has 7 nitrogen and oxygen atoms in total. The second-order valence-electron chi connectivity index (χ2n) is 4.59. The van der Waals surface area contributed by atoms with Crippen molar-refractivity contribution in [2.75, 3.05) is 0 Å².